The Morgan fingerprint density at radius 3 is 1.48 bits per heavy atom. The highest BCUT2D eigenvalue weighted by molar-refractivity contribution is 7.45. The fourth-order valence-corrected chi connectivity index (χ4v) is 3.80. The first-order valence-electron chi connectivity index (χ1n) is 12.6. The standard InChI is InChI=1S/C32H27NO2.H3O4P/c1-4-10-26(11-5-1)16-19-29-20-23-32(35-33-24-25-34-33)31(22-18-28-14-8-3-9-15-28)30(29)21-17-27-12-6-2-7-13-27;1-5(2,3)4/h1-23H,24-25H2;(H3,1,2,3,4). The molecular weight excluding hydrogens is 525 g/mol. The number of nitrogens with zero attached hydrogens (tertiary/aromatic N) is 1. The summed E-state index contributed by atoms with van der Waals surface area (Å²) >= 11 is 0. The van der Waals surface area contributed by atoms with Crippen LogP contribution in [0.1, 0.15) is 33.4 Å². The number of hydrogen-bond donors (Lipinski definition) is 3. The second-order valence-electron chi connectivity index (χ2n) is 8.71. The molecule has 3 N–H and O–H groups in total. The van der Waals surface area contributed by atoms with Gasteiger partial charge in [0.05, 0.1) is 13.2 Å². The summed E-state index contributed by atoms with van der Waals surface area (Å²) < 4.78 is 8.88. The lowest BCUT2D eigenvalue weighted by Gasteiger charge is -2.29. The van der Waals surface area contributed by atoms with E-state index in [1.54, 1.807) is 0 Å². The van der Waals surface area contributed by atoms with E-state index in [-0.39, 0.29) is 0 Å². The minimum absolute atomic E-state index is 0.674. The van der Waals surface area contributed by atoms with Crippen molar-refractivity contribution in [2.75, 3.05) is 13.2 Å². The zero-order valence-electron chi connectivity index (χ0n) is 21.7. The molecule has 1 aliphatic rings. The summed E-state index contributed by atoms with van der Waals surface area (Å²) in [6.45, 7) is 1.42. The number of phosphoric acid groups is 1. The number of hydrogen-bond acceptors (Lipinski definition) is 4. The Bertz CT molecular complexity index is 1490. The first-order valence-corrected chi connectivity index (χ1v) is 14.1. The van der Waals surface area contributed by atoms with Gasteiger partial charge in [-0.05, 0) is 45.2 Å². The Balaban J connectivity index is 0.000000681. The van der Waals surface area contributed by atoms with E-state index in [1.165, 1.54) is 5.23 Å². The quantitative estimate of drug-likeness (QED) is 0.162. The third-order valence-corrected chi connectivity index (χ3v) is 5.73. The van der Waals surface area contributed by atoms with Gasteiger partial charge in [0.25, 0.3) is 0 Å². The lowest BCUT2D eigenvalue weighted by atomic mass is 9.96. The molecule has 4 aromatic carbocycles. The van der Waals surface area contributed by atoms with Gasteiger partial charge in [0, 0.05) is 5.56 Å². The summed E-state index contributed by atoms with van der Waals surface area (Å²) in [6.07, 6.45) is 12.8. The zero-order chi connectivity index (χ0) is 28.2. The second-order valence-corrected chi connectivity index (χ2v) is 9.73. The van der Waals surface area contributed by atoms with Gasteiger partial charge in [-0.1, -0.05) is 127 Å². The smallest absolute Gasteiger partial charge is 0.380 e. The van der Waals surface area contributed by atoms with E-state index in [2.05, 4.69) is 78.9 Å². The monoisotopic (exact) mass is 555 g/mol. The summed E-state index contributed by atoms with van der Waals surface area (Å²) in [5.74, 6) is 0.751. The van der Waals surface area contributed by atoms with Crippen LogP contribution >= 0.6 is 7.82 Å². The van der Waals surface area contributed by atoms with E-state index < -0.39 is 7.82 Å². The molecule has 0 unspecified atom stereocenters. The molecule has 7 nitrogen and oxygen atoms in total. The molecule has 0 spiro atoms. The Kier molecular flexibility index (Phi) is 10.4. The summed E-state index contributed by atoms with van der Waals surface area (Å²) in [5, 5.41) is 1.53. The zero-order valence-corrected chi connectivity index (χ0v) is 22.5. The highest BCUT2D eigenvalue weighted by Crippen LogP contribution is 2.32. The first kappa shape index (κ1) is 28.9. The van der Waals surface area contributed by atoms with Crippen molar-refractivity contribution < 1.29 is 28.9 Å². The highest BCUT2D eigenvalue weighted by Gasteiger charge is 2.20. The summed E-state index contributed by atoms with van der Waals surface area (Å²) in [6, 6.07) is 35.1. The van der Waals surface area contributed by atoms with Gasteiger partial charge >= 0.3 is 7.82 Å². The second kappa shape index (κ2) is 14.4. The first-order chi connectivity index (χ1) is 19.3. The molecule has 204 valence electrons. The summed E-state index contributed by atoms with van der Waals surface area (Å²) in [7, 11) is -4.64. The van der Waals surface area contributed by atoms with Crippen molar-refractivity contribution in [3.05, 3.63) is 137 Å². The molecule has 0 saturated carbocycles. The largest absolute Gasteiger partial charge is 0.466 e. The van der Waals surface area contributed by atoms with Crippen molar-refractivity contribution in [3.8, 4) is 5.75 Å². The Hall–Kier alpha value is -4.07. The molecule has 0 aliphatic carbocycles. The number of hydroxylamine groups is 2. The molecule has 5 rings (SSSR count). The molecule has 1 heterocycles. The van der Waals surface area contributed by atoms with Gasteiger partial charge < -0.3 is 19.5 Å². The van der Waals surface area contributed by atoms with Crippen molar-refractivity contribution in [3.63, 3.8) is 0 Å². The number of benzene rings is 4. The van der Waals surface area contributed by atoms with Gasteiger partial charge in [-0.15, -0.1) is 0 Å². The Labute approximate surface area is 233 Å². The fourth-order valence-electron chi connectivity index (χ4n) is 3.80. The molecule has 40 heavy (non-hydrogen) atoms. The topological polar surface area (TPSA) is 99.5 Å². The van der Waals surface area contributed by atoms with Crippen molar-refractivity contribution in [2.24, 2.45) is 0 Å². The highest BCUT2D eigenvalue weighted by atomic mass is 31.2. The molecule has 1 aliphatic heterocycles. The SMILES string of the molecule is C(=Cc1ccc(ON2CCO2)c(C=Cc2ccccc2)c1C=Cc1ccccc1)c1ccccc1.O=P(O)(O)O. The fraction of sp³-hybridized carbons (Fsp3) is 0.0625. The van der Waals surface area contributed by atoms with Crippen LogP contribution in [0.2, 0.25) is 0 Å². The maximum absolute atomic E-state index is 8.88. The van der Waals surface area contributed by atoms with Gasteiger partial charge in [0.1, 0.15) is 0 Å². The lowest BCUT2D eigenvalue weighted by molar-refractivity contribution is -0.386. The van der Waals surface area contributed by atoms with Crippen LogP contribution < -0.4 is 4.84 Å². The van der Waals surface area contributed by atoms with Crippen LogP contribution in [-0.2, 0) is 9.40 Å². The minimum atomic E-state index is -4.64. The number of rotatable bonds is 8. The van der Waals surface area contributed by atoms with E-state index in [0.29, 0.717) is 6.61 Å². The van der Waals surface area contributed by atoms with Crippen LogP contribution in [0.5, 0.6) is 5.75 Å². The van der Waals surface area contributed by atoms with Crippen molar-refractivity contribution >= 4 is 44.3 Å². The van der Waals surface area contributed by atoms with E-state index in [0.717, 1.165) is 45.7 Å². The predicted octanol–water partition coefficient (Wildman–Crippen LogP) is 6.81. The van der Waals surface area contributed by atoms with E-state index in [9.17, 15) is 0 Å². The summed E-state index contributed by atoms with van der Waals surface area (Å²) in [4.78, 5) is 33.1. The Morgan fingerprint density at radius 1 is 0.625 bits per heavy atom. The van der Waals surface area contributed by atoms with Crippen molar-refractivity contribution in [2.45, 2.75) is 0 Å². The minimum Gasteiger partial charge on any atom is -0.380 e. The van der Waals surface area contributed by atoms with Crippen LogP contribution in [0, 0.1) is 0 Å². The molecule has 0 amide bonds. The molecule has 4 aromatic rings. The van der Waals surface area contributed by atoms with E-state index in [1.807, 2.05) is 60.7 Å². The normalized spacial score (nSPS) is 13.8. The van der Waals surface area contributed by atoms with Gasteiger partial charge in [-0.25, -0.2) is 4.57 Å². The van der Waals surface area contributed by atoms with Crippen molar-refractivity contribution in [1.82, 2.24) is 5.23 Å². The average Bonchev–Trinajstić information content (AvgIpc) is 2.93. The molecule has 0 bridgehead atoms. The third kappa shape index (κ3) is 9.59. The maximum Gasteiger partial charge on any atom is 0.466 e. The van der Waals surface area contributed by atoms with Gasteiger partial charge in [-0.3, -0.25) is 4.84 Å². The molecular formula is C32H30NO6P. The third-order valence-electron chi connectivity index (χ3n) is 5.73. The molecule has 0 radical (unpaired) electrons. The lowest BCUT2D eigenvalue weighted by Crippen LogP contribution is -2.41. The van der Waals surface area contributed by atoms with E-state index >= 15 is 0 Å². The van der Waals surface area contributed by atoms with Gasteiger partial charge in [0.2, 0.25) is 0 Å². The van der Waals surface area contributed by atoms with Gasteiger partial charge in [0.15, 0.2) is 5.75 Å². The predicted molar refractivity (Wildman–Crippen MR) is 160 cm³/mol. The van der Waals surface area contributed by atoms with Crippen LogP contribution in [0.15, 0.2) is 103 Å². The maximum atomic E-state index is 8.88. The van der Waals surface area contributed by atoms with E-state index in [4.69, 9.17) is 28.9 Å². The average molecular weight is 556 g/mol. The Morgan fingerprint density at radius 2 is 1.05 bits per heavy atom. The molecule has 0 atom stereocenters. The molecule has 0 aromatic heterocycles. The molecule has 1 saturated heterocycles. The molecule has 1 fully saturated rings. The van der Waals surface area contributed by atoms with Crippen LogP contribution in [0.4, 0.5) is 0 Å². The van der Waals surface area contributed by atoms with Gasteiger partial charge in [-0.2, -0.15) is 0 Å². The van der Waals surface area contributed by atoms with Crippen LogP contribution in [0.3, 0.4) is 0 Å². The van der Waals surface area contributed by atoms with Crippen molar-refractivity contribution in [1.29, 1.82) is 0 Å². The van der Waals surface area contributed by atoms with Crippen LogP contribution in [-0.4, -0.2) is 33.1 Å². The summed E-state index contributed by atoms with van der Waals surface area (Å²) in [5.41, 5.74) is 6.59. The molecule has 8 heteroatoms. The van der Waals surface area contributed by atoms with Crippen LogP contribution in [0.25, 0.3) is 36.5 Å².